The van der Waals surface area contributed by atoms with E-state index in [-0.39, 0.29) is 0 Å². The van der Waals surface area contributed by atoms with Crippen molar-refractivity contribution in [3.05, 3.63) is 97.6 Å². The molecule has 0 aliphatic rings. The van der Waals surface area contributed by atoms with E-state index in [9.17, 15) is 0 Å². The molecule has 0 saturated carbocycles. The van der Waals surface area contributed by atoms with Crippen LogP contribution in [0.1, 0.15) is 0 Å². The van der Waals surface area contributed by atoms with Crippen LogP contribution < -0.4 is 0 Å². The van der Waals surface area contributed by atoms with Crippen LogP contribution in [-0.4, -0.2) is 4.73 Å². The van der Waals surface area contributed by atoms with Crippen molar-refractivity contribution in [2.24, 2.45) is 0 Å². The van der Waals surface area contributed by atoms with E-state index < -0.39 is 0 Å². The summed E-state index contributed by atoms with van der Waals surface area (Å²) in [5.74, 6) is 0. The van der Waals surface area contributed by atoms with E-state index in [0.29, 0.717) is 0 Å². The molecule has 18 heavy (non-hydrogen) atoms. The first-order chi connectivity index (χ1) is 8.91. The Morgan fingerprint density at radius 3 is 0.944 bits per heavy atom. The Labute approximate surface area is 119 Å². The molecule has 0 atom stereocenters. The molecule has 0 unspecified atom stereocenters. The second-order valence-electron chi connectivity index (χ2n) is 3.04. The monoisotopic (exact) mass is 272 g/mol. The molecular formula is C17H17V-. The van der Waals surface area contributed by atoms with Crippen LogP contribution in [0.5, 0.6) is 0 Å². The Morgan fingerprint density at radius 2 is 0.833 bits per heavy atom. The molecule has 2 aromatic carbocycles. The zero-order chi connectivity index (χ0) is 13.3. The number of rotatable bonds is 2. The van der Waals surface area contributed by atoms with Crippen LogP contribution in [0.2, 0.25) is 0 Å². The summed E-state index contributed by atoms with van der Waals surface area (Å²) in [6.07, 6.45) is 5.10. The molecule has 91 valence electrons. The molecule has 0 aliphatic heterocycles. The van der Waals surface area contributed by atoms with Gasteiger partial charge in [0.05, 0.1) is 0 Å². The molecule has 0 amide bonds. The minimum absolute atomic E-state index is 1.49. The van der Waals surface area contributed by atoms with Gasteiger partial charge in [-0.25, -0.2) is 0 Å². The standard InChI is InChI=1S/2C6H6.C5H5.V/c2*1-2-4-6-5-3-1;1-3-5-4-2;/h2*1-6H;1-5H;/q;;-1;. The fourth-order valence-corrected chi connectivity index (χ4v) is 1.04. The predicted molar refractivity (Wildman–Crippen MR) is 77.0 cm³/mol. The summed E-state index contributed by atoms with van der Waals surface area (Å²) in [7, 11) is 0. The SMILES string of the molecule is [CH-]=CC=C[CH]=[V].c1ccccc1.c1ccccc1. The average Bonchev–Trinajstić information content (AvgIpc) is 2.50. The van der Waals surface area contributed by atoms with E-state index in [4.69, 9.17) is 6.58 Å². The molecule has 1 heteroatoms. The number of benzene rings is 2. The Hall–Kier alpha value is -1.63. The third-order valence-corrected chi connectivity index (χ3v) is 1.91. The second-order valence-corrected chi connectivity index (χ2v) is 3.50. The van der Waals surface area contributed by atoms with Crippen molar-refractivity contribution in [1.29, 1.82) is 0 Å². The molecular weight excluding hydrogens is 255 g/mol. The first kappa shape index (κ1) is 16.4. The summed E-state index contributed by atoms with van der Waals surface area (Å²) in [6.45, 7) is 4.98. The van der Waals surface area contributed by atoms with Crippen molar-refractivity contribution in [3.8, 4) is 0 Å². The van der Waals surface area contributed by atoms with Crippen LogP contribution >= 0.6 is 0 Å². The van der Waals surface area contributed by atoms with Gasteiger partial charge in [0.2, 0.25) is 0 Å². The van der Waals surface area contributed by atoms with Crippen LogP contribution in [0.3, 0.4) is 0 Å². The normalized spacial score (nSPS) is 8.17. The van der Waals surface area contributed by atoms with E-state index in [1.807, 2.05) is 83.6 Å². The van der Waals surface area contributed by atoms with Gasteiger partial charge in [-0.05, 0) is 0 Å². The third-order valence-electron chi connectivity index (χ3n) is 1.64. The average molecular weight is 272 g/mol. The van der Waals surface area contributed by atoms with Gasteiger partial charge in [-0.15, -0.1) is 0 Å². The number of hydrogen-bond acceptors (Lipinski definition) is 0. The zero-order valence-electron chi connectivity index (χ0n) is 10.3. The fourth-order valence-electron chi connectivity index (χ4n) is 0.884. The maximum Gasteiger partial charge on any atom is -0.0623 e. The summed E-state index contributed by atoms with van der Waals surface area (Å²) >= 11 is 2.32. The maximum atomic E-state index is 4.98. The van der Waals surface area contributed by atoms with Crippen molar-refractivity contribution in [1.82, 2.24) is 0 Å². The Balaban J connectivity index is 0.000000241. The Kier molecular flexibility index (Phi) is 14.0. The van der Waals surface area contributed by atoms with E-state index in [0.717, 1.165) is 0 Å². The molecule has 0 nitrogen and oxygen atoms in total. The molecule has 0 bridgehead atoms. The molecule has 0 heterocycles. The van der Waals surface area contributed by atoms with Gasteiger partial charge in [0, 0.05) is 0 Å². The van der Waals surface area contributed by atoms with Gasteiger partial charge < -0.3 is 0 Å². The number of allylic oxidation sites excluding steroid dienone is 3. The molecule has 2 rings (SSSR count). The molecule has 0 spiro atoms. The van der Waals surface area contributed by atoms with E-state index in [1.54, 1.807) is 6.08 Å². The number of hydrogen-bond donors (Lipinski definition) is 0. The molecule has 0 radical (unpaired) electrons. The van der Waals surface area contributed by atoms with Gasteiger partial charge in [0.1, 0.15) is 0 Å². The molecule has 0 saturated heterocycles. The van der Waals surface area contributed by atoms with Gasteiger partial charge in [-0.3, -0.25) is 0 Å². The Morgan fingerprint density at radius 1 is 0.556 bits per heavy atom. The zero-order valence-corrected chi connectivity index (χ0v) is 11.7. The van der Waals surface area contributed by atoms with E-state index in [2.05, 4.69) is 17.0 Å². The van der Waals surface area contributed by atoms with Crippen molar-refractivity contribution in [2.75, 3.05) is 0 Å². The smallest absolute Gasteiger partial charge is 0.0623 e. The minimum atomic E-state index is 1.49. The van der Waals surface area contributed by atoms with Crippen molar-refractivity contribution in [2.45, 2.75) is 0 Å². The largest absolute Gasteiger partial charge is 0.0623 e. The predicted octanol–water partition coefficient (Wildman–Crippen LogP) is 4.25. The Bertz CT molecular complexity index is 309. The summed E-state index contributed by atoms with van der Waals surface area (Å²) in [5.41, 5.74) is 0. The second kappa shape index (κ2) is 15.4. The summed E-state index contributed by atoms with van der Waals surface area (Å²) < 4.78 is 1.86. The van der Waals surface area contributed by atoms with Gasteiger partial charge in [0.25, 0.3) is 0 Å². The van der Waals surface area contributed by atoms with Crippen molar-refractivity contribution in [3.63, 3.8) is 0 Å². The topological polar surface area (TPSA) is 0 Å². The van der Waals surface area contributed by atoms with Crippen LogP contribution in [0.15, 0.2) is 91.0 Å². The quantitative estimate of drug-likeness (QED) is 0.566. The molecule has 0 aliphatic carbocycles. The van der Waals surface area contributed by atoms with Crippen LogP contribution in [0.25, 0.3) is 0 Å². The molecule has 0 aromatic heterocycles. The van der Waals surface area contributed by atoms with Crippen LogP contribution in [0, 0.1) is 6.58 Å². The maximum absolute atomic E-state index is 4.98. The molecule has 0 fully saturated rings. The first-order valence-corrected chi connectivity index (χ1v) is 6.40. The van der Waals surface area contributed by atoms with Gasteiger partial charge >= 0.3 is 46.5 Å². The van der Waals surface area contributed by atoms with Gasteiger partial charge in [-0.2, -0.15) is 0 Å². The third kappa shape index (κ3) is 14.4. The van der Waals surface area contributed by atoms with Gasteiger partial charge in [-0.1, -0.05) is 72.8 Å². The summed E-state index contributed by atoms with van der Waals surface area (Å²) in [4.78, 5) is 0. The summed E-state index contributed by atoms with van der Waals surface area (Å²) in [6, 6.07) is 24.0. The summed E-state index contributed by atoms with van der Waals surface area (Å²) in [5, 5.41) is 0. The van der Waals surface area contributed by atoms with Crippen LogP contribution in [0.4, 0.5) is 0 Å². The minimum Gasteiger partial charge on any atom is -0.0623 e. The van der Waals surface area contributed by atoms with E-state index >= 15 is 0 Å². The first-order valence-electron chi connectivity index (χ1n) is 5.59. The van der Waals surface area contributed by atoms with Crippen LogP contribution in [-0.2, 0) is 17.0 Å². The van der Waals surface area contributed by atoms with Crippen molar-refractivity contribution < 1.29 is 17.0 Å². The molecule has 2 aromatic rings. The van der Waals surface area contributed by atoms with E-state index in [1.165, 1.54) is 6.08 Å². The van der Waals surface area contributed by atoms with Crippen molar-refractivity contribution >= 4 is 4.73 Å². The molecule has 0 N–H and O–H groups in total. The fraction of sp³-hybridized carbons (Fsp3) is 0. The van der Waals surface area contributed by atoms with Gasteiger partial charge in [0.15, 0.2) is 0 Å².